The third-order valence-electron chi connectivity index (χ3n) is 4.15. The van der Waals surface area contributed by atoms with E-state index in [4.69, 9.17) is 0 Å². The number of allylic oxidation sites excluding steroid dienone is 8. The van der Waals surface area contributed by atoms with E-state index in [0.29, 0.717) is 0 Å². The second-order valence-corrected chi connectivity index (χ2v) is 6.43. The summed E-state index contributed by atoms with van der Waals surface area (Å²) < 4.78 is 0. The van der Waals surface area contributed by atoms with Gasteiger partial charge in [-0.15, -0.1) is 0 Å². The van der Waals surface area contributed by atoms with Gasteiger partial charge in [-0.05, 0) is 70.3 Å². The van der Waals surface area contributed by atoms with Crippen LogP contribution in [0.25, 0.3) is 0 Å². The SMILES string of the molecule is C/C=C\C=C(/C\C=C/C=N/C=C\C(=N/C)NC1=CCCCC=C1)CCNCC. The van der Waals surface area contributed by atoms with Gasteiger partial charge in [0.1, 0.15) is 5.84 Å². The van der Waals surface area contributed by atoms with Crippen molar-refractivity contribution in [1.29, 1.82) is 0 Å². The molecule has 4 nitrogen and oxygen atoms in total. The molecule has 1 aliphatic carbocycles. The Balaban J connectivity index is 2.45. The van der Waals surface area contributed by atoms with E-state index < -0.39 is 0 Å². The first-order valence-corrected chi connectivity index (χ1v) is 10.3. The standard InChI is InChI=1S/C24H36N4/c1-4-6-13-22(17-20-26-5-2)14-11-12-19-27-21-18-24(25-3)28-23-15-9-7-8-10-16-23/h4,6,9,11-13,15-16,18-19,21,26H,5,7-8,10,14,17,20H2,1-3H3,(H,25,28)/b6-4-,12-11-,21-18-,22-13+,27-19+. The molecule has 0 saturated carbocycles. The first-order valence-electron chi connectivity index (χ1n) is 10.3. The summed E-state index contributed by atoms with van der Waals surface area (Å²) in [6, 6.07) is 0. The molecule has 0 bridgehead atoms. The summed E-state index contributed by atoms with van der Waals surface area (Å²) in [5.74, 6) is 0.805. The van der Waals surface area contributed by atoms with Gasteiger partial charge in [-0.25, -0.2) is 0 Å². The highest BCUT2D eigenvalue weighted by atomic mass is 15.0. The van der Waals surface area contributed by atoms with Gasteiger partial charge >= 0.3 is 0 Å². The molecule has 0 aromatic heterocycles. The van der Waals surface area contributed by atoms with Crippen molar-refractivity contribution in [3.05, 3.63) is 72.2 Å². The summed E-state index contributed by atoms with van der Waals surface area (Å²) in [5, 5.41) is 6.70. The lowest BCUT2D eigenvalue weighted by Crippen LogP contribution is -2.19. The minimum atomic E-state index is 0.805. The molecule has 0 radical (unpaired) electrons. The van der Waals surface area contributed by atoms with Gasteiger partial charge in [-0.3, -0.25) is 9.98 Å². The zero-order valence-electron chi connectivity index (χ0n) is 17.7. The third kappa shape index (κ3) is 12.0. The Morgan fingerprint density at radius 3 is 2.93 bits per heavy atom. The van der Waals surface area contributed by atoms with Gasteiger partial charge in [0.25, 0.3) is 0 Å². The van der Waals surface area contributed by atoms with Crippen LogP contribution in [0.4, 0.5) is 0 Å². The van der Waals surface area contributed by atoms with Crippen molar-refractivity contribution in [1.82, 2.24) is 10.6 Å². The lowest BCUT2D eigenvalue weighted by atomic mass is 10.1. The van der Waals surface area contributed by atoms with E-state index in [0.717, 1.165) is 50.3 Å². The molecule has 0 saturated heterocycles. The van der Waals surface area contributed by atoms with E-state index in [-0.39, 0.29) is 0 Å². The van der Waals surface area contributed by atoms with E-state index in [1.54, 1.807) is 13.2 Å². The van der Waals surface area contributed by atoms with Crippen LogP contribution in [0.1, 0.15) is 46.0 Å². The van der Waals surface area contributed by atoms with Crippen LogP contribution in [-0.4, -0.2) is 32.2 Å². The van der Waals surface area contributed by atoms with E-state index in [1.165, 1.54) is 12.0 Å². The van der Waals surface area contributed by atoms with Gasteiger partial charge in [-0.1, -0.05) is 49.0 Å². The van der Waals surface area contributed by atoms with Crippen LogP contribution in [0.15, 0.2) is 82.1 Å². The molecule has 2 N–H and O–H groups in total. The molecule has 0 aliphatic heterocycles. The molecule has 0 spiro atoms. The molecule has 1 rings (SSSR count). The van der Waals surface area contributed by atoms with Crippen LogP contribution in [0, 0.1) is 0 Å². The molecule has 0 heterocycles. The van der Waals surface area contributed by atoms with Crippen molar-refractivity contribution in [2.75, 3.05) is 20.1 Å². The highest BCUT2D eigenvalue weighted by Crippen LogP contribution is 2.08. The van der Waals surface area contributed by atoms with E-state index in [9.17, 15) is 0 Å². The molecule has 0 amide bonds. The third-order valence-corrected chi connectivity index (χ3v) is 4.15. The van der Waals surface area contributed by atoms with Gasteiger partial charge in [0.15, 0.2) is 0 Å². The zero-order chi connectivity index (χ0) is 20.3. The lowest BCUT2D eigenvalue weighted by molar-refractivity contribution is 0.708. The number of rotatable bonds is 11. The van der Waals surface area contributed by atoms with E-state index >= 15 is 0 Å². The summed E-state index contributed by atoms with van der Waals surface area (Å²) in [5.41, 5.74) is 2.51. The van der Waals surface area contributed by atoms with Crippen LogP contribution < -0.4 is 10.6 Å². The average molecular weight is 381 g/mol. The highest BCUT2D eigenvalue weighted by Gasteiger charge is 1.98. The molecule has 0 fully saturated rings. The Morgan fingerprint density at radius 1 is 1.25 bits per heavy atom. The van der Waals surface area contributed by atoms with Gasteiger partial charge in [-0.2, -0.15) is 0 Å². The molecular weight excluding hydrogens is 344 g/mol. The first kappa shape index (κ1) is 23.6. The lowest BCUT2D eigenvalue weighted by Gasteiger charge is -2.05. The Morgan fingerprint density at radius 2 is 2.14 bits per heavy atom. The molecule has 0 unspecified atom stereocenters. The molecule has 0 aromatic carbocycles. The number of aliphatic imine (C=N–C) groups is 2. The van der Waals surface area contributed by atoms with Crippen LogP contribution in [0.5, 0.6) is 0 Å². The van der Waals surface area contributed by atoms with Gasteiger partial charge in [0, 0.05) is 25.2 Å². The summed E-state index contributed by atoms with van der Waals surface area (Å²) in [7, 11) is 1.78. The number of nitrogens with one attached hydrogen (secondary N) is 2. The number of hydrogen-bond donors (Lipinski definition) is 2. The predicted molar refractivity (Wildman–Crippen MR) is 125 cm³/mol. The monoisotopic (exact) mass is 380 g/mol. The molecule has 28 heavy (non-hydrogen) atoms. The molecule has 0 atom stereocenters. The maximum absolute atomic E-state index is 4.31. The summed E-state index contributed by atoms with van der Waals surface area (Å²) in [6.45, 7) is 6.20. The number of hydrogen-bond acceptors (Lipinski definition) is 3. The van der Waals surface area contributed by atoms with Crippen molar-refractivity contribution in [3.63, 3.8) is 0 Å². The van der Waals surface area contributed by atoms with E-state index in [1.807, 2.05) is 25.3 Å². The van der Waals surface area contributed by atoms with Crippen LogP contribution in [-0.2, 0) is 0 Å². The second-order valence-electron chi connectivity index (χ2n) is 6.43. The average Bonchev–Trinajstić information content (AvgIpc) is 2.98. The maximum Gasteiger partial charge on any atom is 0.126 e. The Kier molecular flexibility index (Phi) is 14.1. The van der Waals surface area contributed by atoms with Crippen molar-refractivity contribution < 1.29 is 0 Å². The minimum absolute atomic E-state index is 0.805. The van der Waals surface area contributed by atoms with Crippen molar-refractivity contribution >= 4 is 12.1 Å². The molecule has 1 aliphatic rings. The minimum Gasteiger partial charge on any atom is -0.341 e. The molecule has 4 heteroatoms. The van der Waals surface area contributed by atoms with Crippen molar-refractivity contribution in [3.8, 4) is 0 Å². The molecule has 0 aromatic rings. The van der Waals surface area contributed by atoms with Crippen LogP contribution in [0.2, 0.25) is 0 Å². The molecular formula is C24H36N4. The fourth-order valence-electron chi connectivity index (χ4n) is 2.59. The van der Waals surface area contributed by atoms with Gasteiger partial charge in [0.2, 0.25) is 0 Å². The maximum atomic E-state index is 4.31. The summed E-state index contributed by atoms with van der Waals surface area (Å²) in [4.78, 5) is 8.57. The van der Waals surface area contributed by atoms with Gasteiger partial charge < -0.3 is 10.6 Å². The molecule has 152 valence electrons. The number of amidine groups is 1. The summed E-state index contributed by atoms with van der Waals surface area (Å²) in [6.07, 6.45) is 27.9. The van der Waals surface area contributed by atoms with Crippen LogP contribution >= 0.6 is 0 Å². The van der Waals surface area contributed by atoms with Gasteiger partial charge in [0.05, 0.1) is 0 Å². The van der Waals surface area contributed by atoms with Crippen LogP contribution in [0.3, 0.4) is 0 Å². The smallest absolute Gasteiger partial charge is 0.126 e. The first-order chi connectivity index (χ1) is 13.8. The fraction of sp³-hybridized carbons (Fsp3) is 0.417. The Labute approximate surface area is 171 Å². The van der Waals surface area contributed by atoms with E-state index in [2.05, 4.69) is 70.1 Å². The Hall–Kier alpha value is -2.46. The number of nitrogens with zero attached hydrogens (tertiary/aromatic N) is 2. The Bertz CT molecular complexity index is 658. The second kappa shape index (κ2) is 16.7. The topological polar surface area (TPSA) is 48.8 Å². The normalized spacial score (nSPS) is 16.6. The van der Waals surface area contributed by atoms with Crippen molar-refractivity contribution in [2.24, 2.45) is 9.98 Å². The highest BCUT2D eigenvalue weighted by molar-refractivity contribution is 5.94. The predicted octanol–water partition coefficient (Wildman–Crippen LogP) is 5.26. The quantitative estimate of drug-likeness (QED) is 0.222. The fourth-order valence-corrected chi connectivity index (χ4v) is 2.59. The van der Waals surface area contributed by atoms with Crippen molar-refractivity contribution in [2.45, 2.75) is 46.0 Å². The largest absolute Gasteiger partial charge is 0.341 e. The zero-order valence-corrected chi connectivity index (χ0v) is 17.7. The summed E-state index contributed by atoms with van der Waals surface area (Å²) >= 11 is 0.